The Kier molecular flexibility index (Phi) is 6.02. The van der Waals surface area contributed by atoms with Crippen molar-refractivity contribution in [3.8, 4) is 0 Å². The number of amides is 2. The van der Waals surface area contributed by atoms with Gasteiger partial charge in [0.2, 0.25) is 5.91 Å². The van der Waals surface area contributed by atoms with Crippen LogP contribution in [-0.2, 0) is 17.0 Å². The lowest BCUT2D eigenvalue weighted by Crippen LogP contribution is -2.33. The Morgan fingerprint density at radius 1 is 1.14 bits per heavy atom. The van der Waals surface area contributed by atoms with Gasteiger partial charge in [0.1, 0.15) is 0 Å². The smallest absolute Gasteiger partial charge is 0.256 e. The van der Waals surface area contributed by atoms with E-state index in [0.29, 0.717) is 5.56 Å². The Morgan fingerprint density at radius 3 is 2.79 bits per heavy atom. The van der Waals surface area contributed by atoms with Crippen molar-refractivity contribution < 1.29 is 9.59 Å². The average Bonchev–Trinajstić information content (AvgIpc) is 3.25. The van der Waals surface area contributed by atoms with E-state index in [2.05, 4.69) is 16.8 Å². The highest BCUT2D eigenvalue weighted by atomic mass is 32.2. The molecule has 29 heavy (non-hydrogen) atoms. The summed E-state index contributed by atoms with van der Waals surface area (Å²) in [6.07, 6.45) is 1.85. The average molecular weight is 423 g/mol. The molecule has 2 aromatic carbocycles. The van der Waals surface area contributed by atoms with Crippen LogP contribution in [0.1, 0.15) is 34.1 Å². The molecule has 0 bridgehead atoms. The van der Waals surface area contributed by atoms with Crippen LogP contribution in [0.15, 0.2) is 64.9 Å². The Hall–Kier alpha value is -2.57. The minimum absolute atomic E-state index is 0.0550. The van der Waals surface area contributed by atoms with Gasteiger partial charge in [-0.3, -0.25) is 9.59 Å². The van der Waals surface area contributed by atoms with E-state index in [9.17, 15) is 9.59 Å². The first kappa shape index (κ1) is 19.7. The lowest BCUT2D eigenvalue weighted by molar-refractivity contribution is -0.116. The van der Waals surface area contributed by atoms with E-state index >= 15 is 0 Å². The number of fused-ring (bicyclic) bond motifs is 1. The van der Waals surface area contributed by atoms with Gasteiger partial charge >= 0.3 is 0 Å². The normalized spacial score (nSPS) is 13.1. The summed E-state index contributed by atoms with van der Waals surface area (Å²) in [5.41, 5.74) is 3.49. The third kappa shape index (κ3) is 4.54. The van der Waals surface area contributed by atoms with Crippen LogP contribution in [0.4, 0.5) is 11.4 Å². The minimum atomic E-state index is -0.113. The molecule has 2 amide bonds. The number of carbonyl (C=O) groups excluding carboxylic acids is 2. The molecule has 1 aliphatic heterocycles. The molecule has 0 aliphatic carbocycles. The van der Waals surface area contributed by atoms with Gasteiger partial charge in [-0.25, -0.2) is 0 Å². The summed E-state index contributed by atoms with van der Waals surface area (Å²) >= 11 is 3.40. The zero-order chi connectivity index (χ0) is 20.2. The van der Waals surface area contributed by atoms with Gasteiger partial charge < -0.3 is 10.2 Å². The highest BCUT2D eigenvalue weighted by molar-refractivity contribution is 7.98. The summed E-state index contributed by atoms with van der Waals surface area (Å²) in [6.45, 7) is 2.35. The lowest BCUT2D eigenvalue weighted by Gasteiger charge is -2.29. The van der Waals surface area contributed by atoms with Crippen LogP contribution in [0.3, 0.4) is 0 Å². The number of aryl methyl sites for hydroxylation is 1. The summed E-state index contributed by atoms with van der Waals surface area (Å²) in [6, 6.07) is 17.7. The summed E-state index contributed by atoms with van der Waals surface area (Å²) in [4.78, 5) is 28.9. The second-order valence-electron chi connectivity index (χ2n) is 6.94. The predicted molar refractivity (Wildman–Crippen MR) is 121 cm³/mol. The quantitative estimate of drug-likeness (QED) is 0.545. The van der Waals surface area contributed by atoms with Gasteiger partial charge in [0, 0.05) is 40.4 Å². The van der Waals surface area contributed by atoms with Gasteiger partial charge in [0.15, 0.2) is 0 Å². The Labute approximate surface area is 178 Å². The molecule has 0 saturated carbocycles. The maximum atomic E-state index is 13.0. The van der Waals surface area contributed by atoms with E-state index in [1.54, 1.807) is 34.9 Å². The van der Waals surface area contributed by atoms with Crippen molar-refractivity contribution in [1.82, 2.24) is 0 Å². The second kappa shape index (κ2) is 8.84. The Bertz CT molecular complexity index is 1030. The van der Waals surface area contributed by atoms with Crippen LogP contribution >= 0.6 is 23.1 Å². The van der Waals surface area contributed by atoms with Gasteiger partial charge in [-0.2, -0.15) is 0 Å². The zero-order valence-electron chi connectivity index (χ0n) is 16.2. The Balaban J connectivity index is 1.51. The van der Waals surface area contributed by atoms with E-state index in [4.69, 9.17) is 0 Å². The lowest BCUT2D eigenvalue weighted by atomic mass is 10.0. The summed E-state index contributed by atoms with van der Waals surface area (Å²) < 4.78 is 0. The molecular weight excluding hydrogens is 400 g/mol. The van der Waals surface area contributed by atoms with Crippen molar-refractivity contribution in [2.24, 2.45) is 0 Å². The number of thioether (sulfide) groups is 1. The summed E-state index contributed by atoms with van der Waals surface area (Å²) in [7, 11) is 0. The highest BCUT2D eigenvalue weighted by Gasteiger charge is 2.20. The molecule has 1 N–H and O–H groups in total. The van der Waals surface area contributed by atoms with Crippen molar-refractivity contribution >= 4 is 46.3 Å². The van der Waals surface area contributed by atoms with Gasteiger partial charge in [-0.05, 0) is 60.2 Å². The van der Waals surface area contributed by atoms with Crippen LogP contribution in [0.25, 0.3) is 0 Å². The fourth-order valence-corrected chi connectivity index (χ4v) is 5.35. The molecule has 0 atom stereocenters. The van der Waals surface area contributed by atoms with Crippen LogP contribution < -0.4 is 10.2 Å². The molecule has 4 rings (SSSR count). The third-order valence-electron chi connectivity index (χ3n) is 4.92. The summed E-state index contributed by atoms with van der Waals surface area (Å²) in [5.74, 6) is 0.791. The number of anilines is 2. The zero-order valence-corrected chi connectivity index (χ0v) is 17.8. The van der Waals surface area contributed by atoms with E-state index in [1.807, 2.05) is 48.5 Å². The number of carbonyl (C=O) groups is 2. The van der Waals surface area contributed by atoms with E-state index in [0.717, 1.165) is 47.0 Å². The first-order valence-electron chi connectivity index (χ1n) is 9.58. The number of thiophene rings is 1. The fourth-order valence-electron chi connectivity index (χ4n) is 3.52. The van der Waals surface area contributed by atoms with Gasteiger partial charge in [0.25, 0.3) is 5.91 Å². The first-order chi connectivity index (χ1) is 14.1. The first-order valence-corrected chi connectivity index (χ1v) is 11.4. The SMILES string of the molecule is CC(=O)N1CCCc2cc(NC(=O)c3ccccc3SCc3cccs3)ccc21. The van der Waals surface area contributed by atoms with Crippen molar-refractivity contribution in [1.29, 1.82) is 0 Å². The van der Waals surface area contributed by atoms with Crippen LogP contribution in [0, 0.1) is 0 Å². The molecule has 0 unspecified atom stereocenters. The molecule has 4 nitrogen and oxygen atoms in total. The maximum absolute atomic E-state index is 13.0. The van der Waals surface area contributed by atoms with Gasteiger partial charge in [-0.1, -0.05) is 18.2 Å². The van der Waals surface area contributed by atoms with E-state index < -0.39 is 0 Å². The molecule has 148 valence electrons. The van der Waals surface area contributed by atoms with E-state index in [-0.39, 0.29) is 11.8 Å². The van der Waals surface area contributed by atoms with Crippen LogP contribution in [0.5, 0.6) is 0 Å². The topological polar surface area (TPSA) is 49.4 Å². The molecule has 0 fully saturated rings. The Morgan fingerprint density at radius 2 is 2.00 bits per heavy atom. The number of hydrogen-bond donors (Lipinski definition) is 1. The molecule has 1 aliphatic rings. The van der Waals surface area contributed by atoms with E-state index in [1.165, 1.54) is 4.88 Å². The largest absolute Gasteiger partial charge is 0.322 e. The summed E-state index contributed by atoms with van der Waals surface area (Å²) in [5, 5.41) is 5.10. The van der Waals surface area contributed by atoms with Gasteiger partial charge in [-0.15, -0.1) is 23.1 Å². The molecule has 0 saturated heterocycles. The molecule has 3 aromatic rings. The number of nitrogens with zero attached hydrogens (tertiary/aromatic N) is 1. The molecule has 0 spiro atoms. The van der Waals surface area contributed by atoms with Crippen molar-refractivity contribution in [2.45, 2.75) is 30.4 Å². The molecular formula is C23H22N2O2S2. The predicted octanol–water partition coefficient (Wildman–Crippen LogP) is 5.59. The maximum Gasteiger partial charge on any atom is 0.256 e. The molecule has 2 heterocycles. The highest BCUT2D eigenvalue weighted by Crippen LogP contribution is 2.31. The molecule has 1 aromatic heterocycles. The number of benzene rings is 2. The number of nitrogens with one attached hydrogen (secondary N) is 1. The fraction of sp³-hybridized carbons (Fsp3) is 0.217. The van der Waals surface area contributed by atoms with Crippen LogP contribution in [0.2, 0.25) is 0 Å². The van der Waals surface area contributed by atoms with Gasteiger partial charge in [0.05, 0.1) is 5.56 Å². The monoisotopic (exact) mass is 422 g/mol. The number of rotatable bonds is 5. The second-order valence-corrected chi connectivity index (χ2v) is 8.99. The molecule has 6 heteroatoms. The van der Waals surface area contributed by atoms with Crippen LogP contribution in [-0.4, -0.2) is 18.4 Å². The minimum Gasteiger partial charge on any atom is -0.322 e. The van der Waals surface area contributed by atoms with Crippen molar-refractivity contribution in [3.05, 3.63) is 76.0 Å². The standard InChI is InChI=1S/C23H22N2O2S2/c1-16(26)25-12-4-6-17-14-18(10-11-21(17)25)24-23(27)20-8-2-3-9-22(20)29-15-19-7-5-13-28-19/h2-3,5,7-11,13-14H,4,6,12,15H2,1H3,(H,24,27). The van der Waals surface area contributed by atoms with Crippen molar-refractivity contribution in [3.63, 3.8) is 0 Å². The molecule has 0 radical (unpaired) electrons. The van der Waals surface area contributed by atoms with Crippen molar-refractivity contribution in [2.75, 3.05) is 16.8 Å². The third-order valence-corrected chi connectivity index (χ3v) is 7.10. The number of hydrogen-bond acceptors (Lipinski definition) is 4.